The van der Waals surface area contributed by atoms with Gasteiger partial charge in [-0.2, -0.15) is 5.26 Å². The minimum absolute atomic E-state index is 0.161. The zero-order valence-electron chi connectivity index (χ0n) is 21.1. The summed E-state index contributed by atoms with van der Waals surface area (Å²) in [7, 11) is 1.84. The first kappa shape index (κ1) is 26.5. The molecule has 1 atom stereocenters. The number of carbonyl (C=O) groups is 1. The van der Waals surface area contributed by atoms with Crippen molar-refractivity contribution in [3.05, 3.63) is 50.6 Å². The lowest BCUT2D eigenvalue weighted by Crippen LogP contribution is -2.26. The van der Waals surface area contributed by atoms with E-state index in [1.807, 2.05) is 26.1 Å². The van der Waals surface area contributed by atoms with Crippen molar-refractivity contribution in [3.63, 3.8) is 0 Å². The first-order valence-electron chi connectivity index (χ1n) is 11.8. The lowest BCUT2D eigenvalue weighted by molar-refractivity contribution is -0.113. The van der Waals surface area contributed by atoms with Gasteiger partial charge in [0.15, 0.2) is 11.0 Å². The minimum atomic E-state index is -0.171. The Morgan fingerprint density at radius 1 is 1.39 bits per heavy atom. The number of nitriles is 1. The predicted octanol–water partition coefficient (Wildman–Crippen LogP) is 6.17. The SMILES string of the molecule is Cc1ccc(Cl)c(OCc2nnc(SCC(=O)Nc3sc4c(c3C#N)CCC(C(C)(C)C)C4)n2C)c1. The summed E-state index contributed by atoms with van der Waals surface area (Å²) in [6.07, 6.45) is 2.92. The summed E-state index contributed by atoms with van der Waals surface area (Å²) in [4.78, 5) is 14.0. The normalized spacial score (nSPS) is 15.3. The summed E-state index contributed by atoms with van der Waals surface area (Å²) >= 11 is 9.04. The molecule has 1 unspecified atom stereocenters. The Morgan fingerprint density at radius 2 is 2.17 bits per heavy atom. The van der Waals surface area contributed by atoms with E-state index in [4.69, 9.17) is 16.3 Å². The van der Waals surface area contributed by atoms with Crippen molar-refractivity contribution in [2.24, 2.45) is 18.4 Å². The molecule has 3 aromatic rings. The summed E-state index contributed by atoms with van der Waals surface area (Å²) in [5, 5.41) is 22.9. The molecule has 4 rings (SSSR count). The maximum atomic E-state index is 12.8. The molecule has 2 heterocycles. The maximum absolute atomic E-state index is 12.8. The molecule has 1 aromatic carbocycles. The van der Waals surface area contributed by atoms with E-state index < -0.39 is 0 Å². The van der Waals surface area contributed by atoms with E-state index in [2.05, 4.69) is 42.4 Å². The fourth-order valence-electron chi connectivity index (χ4n) is 4.28. The lowest BCUT2D eigenvalue weighted by atomic mass is 9.72. The van der Waals surface area contributed by atoms with E-state index >= 15 is 0 Å². The summed E-state index contributed by atoms with van der Waals surface area (Å²) in [6.45, 7) is 8.98. The summed E-state index contributed by atoms with van der Waals surface area (Å²) in [5.41, 5.74) is 3.00. The first-order valence-corrected chi connectivity index (χ1v) is 14.0. The highest BCUT2D eigenvalue weighted by molar-refractivity contribution is 7.99. The van der Waals surface area contributed by atoms with Crippen LogP contribution in [0.4, 0.5) is 5.00 Å². The molecule has 2 aromatic heterocycles. The summed E-state index contributed by atoms with van der Waals surface area (Å²) < 4.78 is 7.63. The number of aryl methyl sites for hydroxylation is 1. The molecule has 0 saturated heterocycles. The molecule has 36 heavy (non-hydrogen) atoms. The fourth-order valence-corrected chi connectivity index (χ4v) is 6.48. The van der Waals surface area contributed by atoms with Crippen LogP contribution in [0.3, 0.4) is 0 Å². The van der Waals surface area contributed by atoms with Crippen LogP contribution in [0.5, 0.6) is 5.75 Å². The third-order valence-electron chi connectivity index (χ3n) is 6.56. The Hall–Kier alpha value is -2.54. The van der Waals surface area contributed by atoms with Gasteiger partial charge < -0.3 is 14.6 Å². The minimum Gasteiger partial charge on any atom is -0.484 e. The first-order chi connectivity index (χ1) is 17.1. The van der Waals surface area contributed by atoms with Crippen LogP contribution in [-0.2, 0) is 31.3 Å². The van der Waals surface area contributed by atoms with Gasteiger partial charge in [-0.3, -0.25) is 4.79 Å². The number of ether oxygens (including phenoxy) is 1. The number of benzene rings is 1. The summed E-state index contributed by atoms with van der Waals surface area (Å²) in [5.74, 6) is 1.78. The third-order valence-corrected chi connectivity index (χ3v) is 9.06. The Balaban J connectivity index is 1.36. The van der Waals surface area contributed by atoms with Crippen LogP contribution in [0.25, 0.3) is 0 Å². The van der Waals surface area contributed by atoms with E-state index in [0.29, 0.717) is 38.2 Å². The fraction of sp³-hybridized carbons (Fsp3) is 0.462. The molecular weight excluding hydrogens is 514 g/mol. The molecule has 0 aliphatic heterocycles. The Morgan fingerprint density at radius 3 is 2.89 bits per heavy atom. The van der Waals surface area contributed by atoms with E-state index in [0.717, 1.165) is 30.4 Å². The van der Waals surface area contributed by atoms with E-state index in [1.54, 1.807) is 22.0 Å². The van der Waals surface area contributed by atoms with Crippen molar-refractivity contribution in [1.82, 2.24) is 14.8 Å². The molecule has 1 aliphatic carbocycles. The molecule has 0 spiro atoms. The van der Waals surface area contributed by atoms with Crippen LogP contribution in [0.15, 0.2) is 23.4 Å². The number of fused-ring (bicyclic) bond motifs is 1. The number of halogens is 1. The van der Waals surface area contributed by atoms with Crippen molar-refractivity contribution >= 4 is 45.6 Å². The number of nitrogens with zero attached hydrogens (tertiary/aromatic N) is 4. The number of hydrogen-bond acceptors (Lipinski definition) is 7. The van der Waals surface area contributed by atoms with Crippen molar-refractivity contribution in [2.75, 3.05) is 11.1 Å². The van der Waals surface area contributed by atoms with Gasteiger partial charge in [0.05, 0.1) is 16.3 Å². The van der Waals surface area contributed by atoms with Crippen LogP contribution < -0.4 is 10.1 Å². The molecular formula is C26H30ClN5O2S2. The number of amides is 1. The number of aromatic nitrogens is 3. The van der Waals surface area contributed by atoms with Crippen molar-refractivity contribution in [3.8, 4) is 11.8 Å². The van der Waals surface area contributed by atoms with Crippen LogP contribution in [-0.4, -0.2) is 26.4 Å². The highest BCUT2D eigenvalue weighted by atomic mass is 35.5. The molecule has 0 bridgehead atoms. The predicted molar refractivity (Wildman–Crippen MR) is 145 cm³/mol. The van der Waals surface area contributed by atoms with Gasteiger partial charge in [0, 0.05) is 11.9 Å². The molecule has 1 aliphatic rings. The molecule has 1 amide bonds. The van der Waals surface area contributed by atoms with Gasteiger partial charge >= 0.3 is 0 Å². The van der Waals surface area contributed by atoms with E-state index in [1.165, 1.54) is 16.6 Å². The molecule has 0 fully saturated rings. The summed E-state index contributed by atoms with van der Waals surface area (Å²) in [6, 6.07) is 7.92. The number of thiophene rings is 1. The van der Waals surface area contributed by atoms with Crippen LogP contribution >= 0.6 is 34.7 Å². The standard InChI is InChI=1S/C26H30ClN5O2S2/c1-15-6-9-19(27)20(10-15)34-13-22-30-31-25(32(22)5)35-14-23(33)29-24-18(12-28)17-8-7-16(26(2,3)4)11-21(17)36-24/h6,9-10,16H,7-8,11,13-14H2,1-5H3,(H,29,33). The van der Waals surface area contributed by atoms with Gasteiger partial charge in [-0.1, -0.05) is 50.2 Å². The van der Waals surface area contributed by atoms with Crippen molar-refractivity contribution in [2.45, 2.75) is 58.7 Å². The average molecular weight is 544 g/mol. The zero-order chi connectivity index (χ0) is 26.0. The third kappa shape index (κ3) is 5.88. The molecule has 0 saturated carbocycles. The van der Waals surface area contributed by atoms with Crippen LogP contribution in [0.2, 0.25) is 5.02 Å². The molecule has 7 nitrogen and oxygen atoms in total. The van der Waals surface area contributed by atoms with Crippen LogP contribution in [0, 0.1) is 29.6 Å². The quantitative estimate of drug-likeness (QED) is 0.358. The average Bonchev–Trinajstić information content (AvgIpc) is 3.36. The van der Waals surface area contributed by atoms with E-state index in [-0.39, 0.29) is 23.7 Å². The number of rotatable bonds is 7. The topological polar surface area (TPSA) is 92.8 Å². The van der Waals surface area contributed by atoms with Gasteiger partial charge in [-0.15, -0.1) is 21.5 Å². The number of thioether (sulfide) groups is 1. The zero-order valence-corrected chi connectivity index (χ0v) is 23.5. The van der Waals surface area contributed by atoms with Crippen molar-refractivity contribution < 1.29 is 9.53 Å². The molecule has 1 N–H and O–H groups in total. The number of anilines is 1. The Bertz CT molecular complexity index is 1320. The second-order valence-electron chi connectivity index (χ2n) is 10.1. The Kier molecular flexibility index (Phi) is 7.98. The van der Waals surface area contributed by atoms with Gasteiger partial charge in [0.1, 0.15) is 23.4 Å². The molecule has 10 heteroatoms. The van der Waals surface area contributed by atoms with Gasteiger partial charge in [0.2, 0.25) is 5.91 Å². The second-order valence-corrected chi connectivity index (χ2v) is 12.6. The molecule has 190 valence electrons. The number of nitrogens with one attached hydrogen (secondary N) is 1. The van der Waals surface area contributed by atoms with Gasteiger partial charge in [-0.25, -0.2) is 0 Å². The monoisotopic (exact) mass is 543 g/mol. The maximum Gasteiger partial charge on any atom is 0.235 e. The molecule has 0 radical (unpaired) electrons. The van der Waals surface area contributed by atoms with Gasteiger partial charge in [-0.05, 0) is 60.8 Å². The number of carbonyl (C=O) groups excluding carboxylic acids is 1. The smallest absolute Gasteiger partial charge is 0.235 e. The highest BCUT2D eigenvalue weighted by Gasteiger charge is 2.32. The Labute approximate surface area is 225 Å². The van der Waals surface area contributed by atoms with Crippen molar-refractivity contribution in [1.29, 1.82) is 5.26 Å². The number of hydrogen-bond donors (Lipinski definition) is 1. The van der Waals surface area contributed by atoms with Crippen LogP contribution in [0.1, 0.15) is 54.6 Å². The highest BCUT2D eigenvalue weighted by Crippen LogP contribution is 2.44. The van der Waals surface area contributed by atoms with Gasteiger partial charge in [0.25, 0.3) is 0 Å². The largest absolute Gasteiger partial charge is 0.484 e. The second kappa shape index (κ2) is 10.8. The van der Waals surface area contributed by atoms with E-state index in [9.17, 15) is 10.1 Å². The lowest BCUT2D eigenvalue weighted by Gasteiger charge is -2.33.